The van der Waals surface area contributed by atoms with Gasteiger partial charge in [-0.25, -0.2) is 4.79 Å². The van der Waals surface area contributed by atoms with Crippen molar-refractivity contribution in [1.29, 1.82) is 0 Å². The van der Waals surface area contributed by atoms with E-state index in [0.29, 0.717) is 17.4 Å². The highest BCUT2D eigenvalue weighted by Gasteiger charge is 2.22. The number of methoxy groups -OCH3 is 3. The van der Waals surface area contributed by atoms with Gasteiger partial charge >= 0.3 is 5.97 Å². The Kier molecular flexibility index (Phi) is 7.88. The van der Waals surface area contributed by atoms with Crippen molar-refractivity contribution >= 4 is 17.6 Å². The number of ether oxygens (including phenoxy) is 4. The second kappa shape index (κ2) is 10.4. The lowest BCUT2D eigenvalue weighted by molar-refractivity contribution is -0.119. The van der Waals surface area contributed by atoms with Crippen LogP contribution in [0.5, 0.6) is 17.2 Å². The number of carbonyl (C=O) groups excluding carboxylic acids is 2. The predicted octanol–water partition coefficient (Wildman–Crippen LogP) is 4.02. The van der Waals surface area contributed by atoms with Crippen molar-refractivity contribution in [3.63, 3.8) is 0 Å². The molecule has 0 unspecified atom stereocenters. The first-order valence-corrected chi connectivity index (χ1v) is 9.31. The third-order valence-electron chi connectivity index (χ3n) is 4.63. The molecule has 2 aromatic rings. The number of amides is 1. The molecule has 29 heavy (non-hydrogen) atoms. The van der Waals surface area contributed by atoms with Crippen LogP contribution < -0.4 is 19.5 Å². The number of hydrogen-bond acceptors (Lipinski definition) is 6. The molecule has 0 spiro atoms. The number of benzene rings is 2. The molecule has 0 heterocycles. The summed E-state index contributed by atoms with van der Waals surface area (Å²) in [7, 11) is 4.33. The van der Waals surface area contributed by atoms with E-state index < -0.39 is 18.5 Å². The van der Waals surface area contributed by atoms with Crippen molar-refractivity contribution in [3.05, 3.63) is 47.5 Å². The number of anilines is 1. The first kappa shape index (κ1) is 22.1. The average molecular weight is 401 g/mol. The summed E-state index contributed by atoms with van der Waals surface area (Å²) >= 11 is 0. The molecule has 0 saturated carbocycles. The van der Waals surface area contributed by atoms with Crippen LogP contribution in [0.3, 0.4) is 0 Å². The van der Waals surface area contributed by atoms with Crippen LogP contribution in [0.4, 0.5) is 5.69 Å². The molecule has 0 aliphatic carbocycles. The van der Waals surface area contributed by atoms with Crippen LogP contribution in [0.2, 0.25) is 0 Å². The van der Waals surface area contributed by atoms with Gasteiger partial charge in [-0.3, -0.25) is 4.79 Å². The minimum Gasteiger partial charge on any atom is -0.493 e. The third kappa shape index (κ3) is 5.40. The zero-order chi connectivity index (χ0) is 21.4. The summed E-state index contributed by atoms with van der Waals surface area (Å²) in [6.07, 6.45) is 1.04. The molecule has 0 aromatic heterocycles. The van der Waals surface area contributed by atoms with Gasteiger partial charge in [-0.05, 0) is 42.2 Å². The largest absolute Gasteiger partial charge is 0.493 e. The summed E-state index contributed by atoms with van der Waals surface area (Å²) in [5, 5.41) is 2.71. The molecular formula is C22H27NO6. The highest BCUT2D eigenvalue weighted by molar-refractivity contribution is 5.97. The van der Waals surface area contributed by atoms with E-state index in [9.17, 15) is 9.59 Å². The molecule has 0 radical (unpaired) electrons. The Morgan fingerprint density at radius 1 is 0.931 bits per heavy atom. The van der Waals surface area contributed by atoms with Gasteiger partial charge in [0.25, 0.3) is 5.91 Å². The van der Waals surface area contributed by atoms with Crippen LogP contribution in [0.1, 0.15) is 42.1 Å². The number of rotatable bonds is 9. The third-order valence-corrected chi connectivity index (χ3v) is 4.63. The maximum absolute atomic E-state index is 12.4. The van der Waals surface area contributed by atoms with Gasteiger partial charge in [0.05, 0.1) is 21.3 Å². The van der Waals surface area contributed by atoms with E-state index in [2.05, 4.69) is 19.2 Å². The van der Waals surface area contributed by atoms with Crippen LogP contribution in [-0.2, 0) is 9.53 Å². The molecule has 1 amide bonds. The van der Waals surface area contributed by atoms with Gasteiger partial charge in [0.15, 0.2) is 18.1 Å². The molecule has 0 saturated heterocycles. The molecule has 0 aliphatic heterocycles. The smallest absolute Gasteiger partial charge is 0.342 e. The Bertz CT molecular complexity index is 847. The zero-order valence-electron chi connectivity index (χ0n) is 17.4. The summed E-state index contributed by atoms with van der Waals surface area (Å²) in [6, 6.07) is 10.7. The average Bonchev–Trinajstić information content (AvgIpc) is 2.76. The maximum atomic E-state index is 12.4. The monoisotopic (exact) mass is 401 g/mol. The Morgan fingerprint density at radius 3 is 2.14 bits per heavy atom. The molecule has 1 atom stereocenters. The zero-order valence-corrected chi connectivity index (χ0v) is 17.4. The van der Waals surface area contributed by atoms with E-state index in [1.54, 1.807) is 6.07 Å². The second-order valence-corrected chi connectivity index (χ2v) is 6.44. The molecule has 2 aromatic carbocycles. The van der Waals surface area contributed by atoms with Crippen molar-refractivity contribution in [2.75, 3.05) is 33.3 Å². The number of esters is 1. The highest BCUT2D eigenvalue weighted by Crippen LogP contribution is 2.39. The number of nitrogens with one attached hydrogen (secondary N) is 1. The molecule has 2 rings (SSSR count). The summed E-state index contributed by atoms with van der Waals surface area (Å²) in [5.41, 5.74) is 1.98. The topological polar surface area (TPSA) is 83.1 Å². The minimum absolute atomic E-state index is 0.135. The lowest BCUT2D eigenvalue weighted by Gasteiger charge is -2.15. The summed E-state index contributed by atoms with van der Waals surface area (Å²) in [4.78, 5) is 24.6. The van der Waals surface area contributed by atoms with Crippen LogP contribution in [0.25, 0.3) is 0 Å². The van der Waals surface area contributed by atoms with Crippen molar-refractivity contribution in [2.45, 2.75) is 26.2 Å². The van der Waals surface area contributed by atoms with Gasteiger partial charge in [-0.2, -0.15) is 0 Å². The molecule has 0 fully saturated rings. The van der Waals surface area contributed by atoms with Gasteiger partial charge in [0.2, 0.25) is 5.75 Å². The Morgan fingerprint density at radius 2 is 1.59 bits per heavy atom. The van der Waals surface area contributed by atoms with Crippen molar-refractivity contribution < 1.29 is 28.5 Å². The fourth-order valence-electron chi connectivity index (χ4n) is 2.80. The second-order valence-electron chi connectivity index (χ2n) is 6.44. The number of hydrogen-bond donors (Lipinski definition) is 1. The molecular weight excluding hydrogens is 374 g/mol. The van der Waals surface area contributed by atoms with E-state index >= 15 is 0 Å². The Labute approximate surface area is 170 Å². The van der Waals surface area contributed by atoms with Gasteiger partial charge in [-0.15, -0.1) is 0 Å². The van der Waals surface area contributed by atoms with Crippen molar-refractivity contribution in [2.24, 2.45) is 0 Å². The van der Waals surface area contributed by atoms with E-state index in [4.69, 9.17) is 18.9 Å². The molecule has 0 bridgehead atoms. The maximum Gasteiger partial charge on any atom is 0.342 e. The SMILES string of the molecule is CC[C@@H](C)c1ccc(NC(=O)COC(=O)c2ccc(OC)c(OC)c2OC)cc1. The Balaban J connectivity index is 2.01. The van der Waals surface area contributed by atoms with Gasteiger partial charge in [0.1, 0.15) is 5.56 Å². The van der Waals surface area contributed by atoms with Gasteiger partial charge in [-0.1, -0.05) is 26.0 Å². The first-order valence-electron chi connectivity index (χ1n) is 9.31. The van der Waals surface area contributed by atoms with E-state index in [0.717, 1.165) is 6.42 Å². The molecule has 0 aliphatic rings. The van der Waals surface area contributed by atoms with Crippen LogP contribution >= 0.6 is 0 Å². The van der Waals surface area contributed by atoms with Crippen molar-refractivity contribution in [1.82, 2.24) is 0 Å². The fraction of sp³-hybridized carbons (Fsp3) is 0.364. The van der Waals surface area contributed by atoms with Crippen LogP contribution in [0.15, 0.2) is 36.4 Å². The number of carbonyl (C=O) groups is 2. The normalized spacial score (nSPS) is 11.3. The van der Waals surface area contributed by atoms with E-state index in [1.165, 1.54) is 33.0 Å². The molecule has 1 N–H and O–H groups in total. The lowest BCUT2D eigenvalue weighted by Crippen LogP contribution is -2.21. The van der Waals surface area contributed by atoms with Crippen LogP contribution in [-0.4, -0.2) is 39.8 Å². The molecule has 7 heteroatoms. The van der Waals surface area contributed by atoms with Gasteiger partial charge in [0, 0.05) is 5.69 Å². The lowest BCUT2D eigenvalue weighted by atomic mass is 9.99. The summed E-state index contributed by atoms with van der Waals surface area (Å²) in [5.74, 6) is 0.184. The van der Waals surface area contributed by atoms with Gasteiger partial charge < -0.3 is 24.3 Å². The highest BCUT2D eigenvalue weighted by atomic mass is 16.5. The quantitative estimate of drug-likeness (QED) is 0.639. The standard InChI is InChI=1S/C22H27NO6/c1-6-14(2)15-7-9-16(10-8-15)23-19(24)13-29-22(25)17-11-12-18(26-3)21(28-5)20(17)27-4/h7-12,14H,6,13H2,1-5H3,(H,23,24)/t14-/m1/s1. The fourth-order valence-corrected chi connectivity index (χ4v) is 2.80. The molecule has 156 valence electrons. The minimum atomic E-state index is -0.704. The van der Waals surface area contributed by atoms with E-state index in [-0.39, 0.29) is 17.1 Å². The summed E-state index contributed by atoms with van der Waals surface area (Å²) < 4.78 is 20.8. The van der Waals surface area contributed by atoms with E-state index in [1.807, 2.05) is 24.3 Å². The first-order chi connectivity index (χ1) is 13.9. The Hall–Kier alpha value is -3.22. The van der Waals surface area contributed by atoms with Crippen molar-refractivity contribution in [3.8, 4) is 17.2 Å². The predicted molar refractivity (Wildman–Crippen MR) is 110 cm³/mol. The van der Waals surface area contributed by atoms with Crippen LogP contribution in [0, 0.1) is 0 Å². The molecule has 7 nitrogen and oxygen atoms in total. The summed E-state index contributed by atoms with van der Waals surface area (Å²) in [6.45, 7) is 3.85.